The average Bonchev–Trinajstić information content (AvgIpc) is 2.69. The third-order valence-electron chi connectivity index (χ3n) is 4.95. The fraction of sp³-hybridized carbons (Fsp3) is 0.409. The summed E-state index contributed by atoms with van der Waals surface area (Å²) < 4.78 is 18.9. The molecule has 150 valence electrons. The Balaban J connectivity index is 1.46. The van der Waals surface area contributed by atoms with Crippen LogP contribution in [0.15, 0.2) is 48.5 Å². The van der Waals surface area contributed by atoms with Crippen LogP contribution in [0.2, 0.25) is 0 Å². The van der Waals surface area contributed by atoms with Gasteiger partial charge in [-0.25, -0.2) is 9.18 Å². The summed E-state index contributed by atoms with van der Waals surface area (Å²) >= 11 is 0. The first-order valence-electron chi connectivity index (χ1n) is 9.75. The zero-order valence-corrected chi connectivity index (χ0v) is 16.7. The van der Waals surface area contributed by atoms with Gasteiger partial charge in [-0.05, 0) is 54.8 Å². The second kappa shape index (κ2) is 8.95. The van der Waals surface area contributed by atoms with Gasteiger partial charge in [0.25, 0.3) is 0 Å². The molecule has 1 unspecified atom stereocenters. The van der Waals surface area contributed by atoms with Crippen LogP contribution in [0.5, 0.6) is 5.75 Å². The molecule has 3 rings (SSSR count). The van der Waals surface area contributed by atoms with E-state index < -0.39 is 6.23 Å². The predicted octanol–water partition coefficient (Wildman–Crippen LogP) is 4.21. The molecule has 6 heteroatoms. The maximum absolute atomic E-state index is 13.1. The van der Waals surface area contributed by atoms with Gasteiger partial charge in [-0.1, -0.05) is 26.0 Å². The van der Waals surface area contributed by atoms with Crippen molar-refractivity contribution in [2.75, 3.05) is 31.1 Å². The third kappa shape index (κ3) is 5.15. The number of hydrogen-bond donors (Lipinski definition) is 1. The maximum Gasteiger partial charge on any atom is 0.320 e. The molecule has 5 nitrogen and oxygen atoms in total. The fourth-order valence-electron chi connectivity index (χ4n) is 3.25. The summed E-state index contributed by atoms with van der Waals surface area (Å²) in [4.78, 5) is 16.4. The van der Waals surface area contributed by atoms with Crippen molar-refractivity contribution < 1.29 is 13.9 Å². The Morgan fingerprint density at radius 1 is 0.964 bits per heavy atom. The van der Waals surface area contributed by atoms with Crippen LogP contribution in [0.4, 0.5) is 14.9 Å². The summed E-state index contributed by atoms with van der Waals surface area (Å²) in [5.74, 6) is 0.965. The van der Waals surface area contributed by atoms with Crippen molar-refractivity contribution in [3.8, 4) is 5.75 Å². The first-order chi connectivity index (χ1) is 13.4. The molecule has 28 heavy (non-hydrogen) atoms. The van der Waals surface area contributed by atoms with Crippen LogP contribution in [0.1, 0.15) is 32.3 Å². The van der Waals surface area contributed by atoms with Gasteiger partial charge in [-0.3, -0.25) is 0 Å². The summed E-state index contributed by atoms with van der Waals surface area (Å²) in [7, 11) is 0. The number of piperazine rings is 1. The zero-order valence-electron chi connectivity index (χ0n) is 16.7. The predicted molar refractivity (Wildman–Crippen MR) is 109 cm³/mol. The van der Waals surface area contributed by atoms with E-state index in [2.05, 4.69) is 24.1 Å². The van der Waals surface area contributed by atoms with E-state index in [1.807, 2.05) is 31.2 Å². The normalized spacial score (nSPS) is 15.5. The van der Waals surface area contributed by atoms with Crippen LogP contribution in [-0.4, -0.2) is 43.3 Å². The molecule has 0 aliphatic carbocycles. The van der Waals surface area contributed by atoms with Crippen LogP contribution in [0, 0.1) is 5.82 Å². The van der Waals surface area contributed by atoms with Crippen molar-refractivity contribution >= 4 is 11.7 Å². The summed E-state index contributed by atoms with van der Waals surface area (Å²) in [5.41, 5.74) is 2.23. The molecule has 0 spiro atoms. The van der Waals surface area contributed by atoms with Gasteiger partial charge in [-0.2, -0.15) is 0 Å². The minimum absolute atomic E-state index is 0.134. The Hall–Kier alpha value is -2.76. The van der Waals surface area contributed by atoms with Crippen LogP contribution >= 0.6 is 0 Å². The average molecular weight is 385 g/mol. The van der Waals surface area contributed by atoms with E-state index in [1.165, 1.54) is 17.7 Å². The summed E-state index contributed by atoms with van der Waals surface area (Å²) in [6, 6.07) is 14.3. The highest BCUT2D eigenvalue weighted by Crippen LogP contribution is 2.19. The first kappa shape index (κ1) is 20.0. The van der Waals surface area contributed by atoms with Gasteiger partial charge in [0.1, 0.15) is 11.6 Å². The third-order valence-corrected chi connectivity index (χ3v) is 4.95. The number of nitrogens with one attached hydrogen (secondary N) is 1. The number of anilines is 1. The molecule has 2 amide bonds. The lowest BCUT2D eigenvalue weighted by Gasteiger charge is -2.36. The Kier molecular flexibility index (Phi) is 6.39. The number of amides is 2. The maximum atomic E-state index is 13.1. The lowest BCUT2D eigenvalue weighted by atomic mass is 10.0. The van der Waals surface area contributed by atoms with Crippen molar-refractivity contribution in [2.24, 2.45) is 0 Å². The van der Waals surface area contributed by atoms with Gasteiger partial charge in [0, 0.05) is 31.9 Å². The number of rotatable bonds is 5. The molecular weight excluding hydrogens is 357 g/mol. The van der Waals surface area contributed by atoms with Crippen LogP contribution < -0.4 is 15.0 Å². The minimum Gasteiger partial charge on any atom is -0.471 e. The smallest absolute Gasteiger partial charge is 0.320 e. The van der Waals surface area contributed by atoms with Gasteiger partial charge in [0.15, 0.2) is 6.23 Å². The molecule has 1 aliphatic heterocycles. The zero-order chi connectivity index (χ0) is 20.1. The first-order valence-corrected chi connectivity index (χ1v) is 9.75. The molecule has 1 heterocycles. The second-order valence-corrected chi connectivity index (χ2v) is 7.38. The number of ether oxygens (including phenoxy) is 1. The van der Waals surface area contributed by atoms with Gasteiger partial charge < -0.3 is 19.9 Å². The highest BCUT2D eigenvalue weighted by molar-refractivity contribution is 5.74. The van der Waals surface area contributed by atoms with Crippen LogP contribution in [0.3, 0.4) is 0 Å². The lowest BCUT2D eigenvalue weighted by molar-refractivity contribution is 0.151. The largest absolute Gasteiger partial charge is 0.471 e. The van der Waals surface area contributed by atoms with E-state index in [-0.39, 0.29) is 11.8 Å². The molecule has 0 saturated carbocycles. The van der Waals surface area contributed by atoms with E-state index in [0.29, 0.717) is 32.1 Å². The number of carbonyl (C=O) groups is 1. The minimum atomic E-state index is -0.424. The van der Waals surface area contributed by atoms with Crippen LogP contribution in [-0.2, 0) is 0 Å². The topological polar surface area (TPSA) is 44.8 Å². The van der Waals surface area contributed by atoms with Crippen molar-refractivity contribution in [3.63, 3.8) is 0 Å². The molecule has 1 aliphatic rings. The molecule has 0 radical (unpaired) electrons. The van der Waals surface area contributed by atoms with Gasteiger partial charge in [0.2, 0.25) is 0 Å². The monoisotopic (exact) mass is 385 g/mol. The van der Waals surface area contributed by atoms with Gasteiger partial charge >= 0.3 is 6.03 Å². The van der Waals surface area contributed by atoms with E-state index in [1.54, 1.807) is 17.0 Å². The number of benzene rings is 2. The molecule has 0 aromatic heterocycles. The van der Waals surface area contributed by atoms with E-state index in [4.69, 9.17) is 4.74 Å². The van der Waals surface area contributed by atoms with Crippen LogP contribution in [0.25, 0.3) is 0 Å². The number of halogens is 1. The summed E-state index contributed by atoms with van der Waals surface area (Å²) in [5, 5.41) is 2.89. The molecule has 1 N–H and O–H groups in total. The Morgan fingerprint density at radius 3 is 2.14 bits per heavy atom. The van der Waals surface area contributed by atoms with E-state index in [0.717, 1.165) is 11.4 Å². The molecule has 0 bridgehead atoms. The Bertz CT molecular complexity index is 769. The van der Waals surface area contributed by atoms with Crippen molar-refractivity contribution in [2.45, 2.75) is 32.9 Å². The quantitative estimate of drug-likeness (QED) is 0.785. The molecular formula is C22H28FN3O2. The lowest BCUT2D eigenvalue weighted by Crippen LogP contribution is -2.53. The Labute approximate surface area is 166 Å². The van der Waals surface area contributed by atoms with E-state index in [9.17, 15) is 9.18 Å². The summed E-state index contributed by atoms with van der Waals surface area (Å²) in [6.07, 6.45) is -0.424. The van der Waals surface area contributed by atoms with Crippen molar-refractivity contribution in [1.29, 1.82) is 0 Å². The molecule has 1 saturated heterocycles. The SMILES string of the molecule is CC(NC(=O)N1CCN(c2ccc(F)cc2)CC1)Oc1ccc(C(C)C)cc1. The van der Waals surface area contributed by atoms with E-state index >= 15 is 0 Å². The highest BCUT2D eigenvalue weighted by Gasteiger charge is 2.22. The molecule has 1 atom stereocenters. The highest BCUT2D eigenvalue weighted by atomic mass is 19.1. The number of hydrogen-bond acceptors (Lipinski definition) is 3. The Morgan fingerprint density at radius 2 is 1.57 bits per heavy atom. The van der Waals surface area contributed by atoms with Gasteiger partial charge in [0.05, 0.1) is 0 Å². The molecule has 2 aromatic carbocycles. The molecule has 1 fully saturated rings. The number of carbonyl (C=O) groups excluding carboxylic acids is 1. The number of urea groups is 1. The molecule has 2 aromatic rings. The summed E-state index contributed by atoms with van der Waals surface area (Å²) in [6.45, 7) is 8.76. The fourth-order valence-corrected chi connectivity index (χ4v) is 3.25. The second-order valence-electron chi connectivity index (χ2n) is 7.38. The van der Waals surface area contributed by atoms with Crippen molar-refractivity contribution in [1.82, 2.24) is 10.2 Å². The number of nitrogens with zero attached hydrogens (tertiary/aromatic N) is 2. The standard InChI is InChI=1S/C22H28FN3O2/c1-16(2)18-4-10-21(11-5-18)28-17(3)24-22(27)26-14-12-25(13-15-26)20-8-6-19(23)7-9-20/h4-11,16-17H,12-15H2,1-3H3,(H,24,27). The van der Waals surface area contributed by atoms with Crippen molar-refractivity contribution in [3.05, 3.63) is 59.9 Å². The van der Waals surface area contributed by atoms with Gasteiger partial charge in [-0.15, -0.1) is 0 Å².